The van der Waals surface area contributed by atoms with Crippen LogP contribution in [0.25, 0.3) is 10.1 Å². The number of amides is 1. The van der Waals surface area contributed by atoms with Gasteiger partial charge < -0.3 is 15.5 Å². The SMILES string of the molecule is O=C(O)C[C@H](NC(=O)c1cc2ccccc2s1)C(=O)O. The highest BCUT2D eigenvalue weighted by Crippen LogP contribution is 2.25. The summed E-state index contributed by atoms with van der Waals surface area (Å²) in [6, 6.07) is 7.57. The van der Waals surface area contributed by atoms with Crippen molar-refractivity contribution in [3.63, 3.8) is 0 Å². The third-order valence-corrected chi connectivity index (χ3v) is 3.75. The van der Waals surface area contributed by atoms with Crippen molar-refractivity contribution < 1.29 is 24.6 Å². The lowest BCUT2D eigenvalue weighted by atomic mass is 10.2. The molecule has 0 saturated heterocycles. The quantitative estimate of drug-likeness (QED) is 0.776. The fourth-order valence-electron chi connectivity index (χ4n) is 1.70. The number of aliphatic carboxylic acids is 2. The second-order valence-corrected chi connectivity index (χ2v) is 5.19. The smallest absolute Gasteiger partial charge is 0.326 e. The zero-order valence-corrected chi connectivity index (χ0v) is 11.0. The average Bonchev–Trinajstić information content (AvgIpc) is 2.81. The van der Waals surface area contributed by atoms with Crippen molar-refractivity contribution >= 4 is 39.3 Å². The van der Waals surface area contributed by atoms with Gasteiger partial charge >= 0.3 is 11.9 Å². The standard InChI is InChI=1S/C13H11NO5S/c15-11(16)6-8(13(18)19)14-12(17)10-5-7-3-1-2-4-9(7)20-10/h1-5,8H,6H2,(H,14,17)(H,15,16)(H,18,19)/t8-/m0/s1. The zero-order chi connectivity index (χ0) is 14.7. The van der Waals surface area contributed by atoms with Crippen LogP contribution in [-0.4, -0.2) is 34.1 Å². The highest BCUT2D eigenvalue weighted by Gasteiger charge is 2.24. The Bertz CT molecular complexity index is 645. The summed E-state index contributed by atoms with van der Waals surface area (Å²) in [6.07, 6.45) is -0.661. The summed E-state index contributed by atoms with van der Waals surface area (Å²) in [5.74, 6) is -3.24. The number of hydrogen-bond acceptors (Lipinski definition) is 4. The van der Waals surface area contributed by atoms with E-state index in [1.807, 2.05) is 24.3 Å². The molecule has 20 heavy (non-hydrogen) atoms. The monoisotopic (exact) mass is 293 g/mol. The van der Waals surface area contributed by atoms with E-state index < -0.39 is 30.3 Å². The lowest BCUT2D eigenvalue weighted by molar-refractivity contribution is -0.145. The molecular formula is C13H11NO5S. The Morgan fingerprint density at radius 2 is 1.90 bits per heavy atom. The van der Waals surface area contributed by atoms with E-state index in [0.29, 0.717) is 4.88 Å². The molecule has 0 radical (unpaired) electrons. The van der Waals surface area contributed by atoms with E-state index in [4.69, 9.17) is 10.2 Å². The first-order valence-electron chi connectivity index (χ1n) is 5.71. The predicted molar refractivity (Wildman–Crippen MR) is 73.0 cm³/mol. The van der Waals surface area contributed by atoms with Gasteiger partial charge in [0.1, 0.15) is 6.04 Å². The highest BCUT2D eigenvalue weighted by atomic mass is 32.1. The molecule has 1 heterocycles. The Morgan fingerprint density at radius 3 is 2.50 bits per heavy atom. The van der Waals surface area contributed by atoms with E-state index in [0.717, 1.165) is 10.1 Å². The Kier molecular flexibility index (Phi) is 3.99. The molecule has 0 spiro atoms. The molecular weight excluding hydrogens is 282 g/mol. The zero-order valence-electron chi connectivity index (χ0n) is 10.2. The second-order valence-electron chi connectivity index (χ2n) is 4.11. The van der Waals surface area contributed by atoms with E-state index in [9.17, 15) is 14.4 Å². The molecule has 0 aliphatic rings. The maximum absolute atomic E-state index is 12.0. The van der Waals surface area contributed by atoms with E-state index in [1.54, 1.807) is 6.07 Å². The van der Waals surface area contributed by atoms with Crippen molar-refractivity contribution in [1.82, 2.24) is 5.32 Å². The minimum atomic E-state index is -1.44. The first-order valence-corrected chi connectivity index (χ1v) is 6.53. The maximum Gasteiger partial charge on any atom is 0.326 e. The van der Waals surface area contributed by atoms with Crippen molar-refractivity contribution in [3.05, 3.63) is 35.2 Å². The molecule has 1 aromatic carbocycles. The van der Waals surface area contributed by atoms with Crippen LogP contribution < -0.4 is 5.32 Å². The molecule has 0 bridgehead atoms. The Balaban J connectivity index is 2.17. The molecule has 2 aromatic rings. The number of nitrogens with one attached hydrogen (secondary N) is 1. The van der Waals surface area contributed by atoms with E-state index >= 15 is 0 Å². The van der Waals surface area contributed by atoms with E-state index in [1.165, 1.54) is 11.3 Å². The molecule has 0 fully saturated rings. The molecule has 0 unspecified atom stereocenters. The van der Waals surface area contributed by atoms with Gasteiger partial charge in [0.15, 0.2) is 0 Å². The number of carboxylic acid groups (broad SMARTS) is 2. The van der Waals surface area contributed by atoms with Gasteiger partial charge in [-0.1, -0.05) is 18.2 Å². The van der Waals surface area contributed by atoms with Gasteiger partial charge in [0, 0.05) is 4.70 Å². The van der Waals surface area contributed by atoms with E-state index in [-0.39, 0.29) is 0 Å². The summed E-state index contributed by atoms with van der Waals surface area (Å²) in [7, 11) is 0. The lowest BCUT2D eigenvalue weighted by Gasteiger charge is -2.11. The van der Waals surface area contributed by atoms with Crippen molar-refractivity contribution in [1.29, 1.82) is 0 Å². The van der Waals surface area contributed by atoms with Crippen LogP contribution in [0.3, 0.4) is 0 Å². The Hall–Kier alpha value is -2.41. The summed E-state index contributed by atoms with van der Waals surface area (Å²) in [5.41, 5.74) is 0. The molecule has 3 N–H and O–H groups in total. The summed E-state index contributed by atoms with van der Waals surface area (Å²) in [6.45, 7) is 0. The summed E-state index contributed by atoms with van der Waals surface area (Å²) in [5, 5.41) is 20.6. The number of carbonyl (C=O) groups excluding carboxylic acids is 1. The third-order valence-electron chi connectivity index (χ3n) is 2.63. The van der Waals surface area contributed by atoms with Gasteiger partial charge in [0.25, 0.3) is 5.91 Å². The van der Waals surface area contributed by atoms with Crippen LogP contribution in [-0.2, 0) is 9.59 Å². The minimum Gasteiger partial charge on any atom is -0.481 e. The molecule has 104 valence electrons. The Morgan fingerprint density at radius 1 is 1.20 bits per heavy atom. The predicted octanol–water partition coefficient (Wildman–Crippen LogP) is 1.56. The highest BCUT2D eigenvalue weighted by molar-refractivity contribution is 7.20. The summed E-state index contributed by atoms with van der Waals surface area (Å²) in [4.78, 5) is 33.8. The van der Waals surface area contributed by atoms with Gasteiger partial charge in [-0.15, -0.1) is 11.3 Å². The van der Waals surface area contributed by atoms with Crippen LogP contribution >= 0.6 is 11.3 Å². The van der Waals surface area contributed by atoms with Gasteiger partial charge in [0.05, 0.1) is 11.3 Å². The number of rotatable bonds is 5. The number of hydrogen-bond donors (Lipinski definition) is 3. The Labute approximate surface area is 117 Å². The lowest BCUT2D eigenvalue weighted by Crippen LogP contribution is -2.41. The molecule has 7 heteroatoms. The van der Waals surface area contributed by atoms with Crippen LogP contribution in [0.5, 0.6) is 0 Å². The molecule has 1 amide bonds. The van der Waals surface area contributed by atoms with Gasteiger partial charge in [-0.3, -0.25) is 9.59 Å². The van der Waals surface area contributed by atoms with Crippen molar-refractivity contribution in [2.24, 2.45) is 0 Å². The van der Waals surface area contributed by atoms with Crippen LogP contribution in [0.4, 0.5) is 0 Å². The fraction of sp³-hybridized carbons (Fsp3) is 0.154. The number of benzene rings is 1. The first kappa shape index (κ1) is 14.0. The first-order chi connectivity index (χ1) is 9.47. The topological polar surface area (TPSA) is 104 Å². The van der Waals surface area contributed by atoms with Crippen LogP contribution in [0.2, 0.25) is 0 Å². The molecule has 2 rings (SSSR count). The number of thiophene rings is 1. The minimum absolute atomic E-state index is 0.350. The molecule has 1 aromatic heterocycles. The van der Waals surface area contributed by atoms with Crippen molar-refractivity contribution in [2.75, 3.05) is 0 Å². The molecule has 0 aliphatic carbocycles. The van der Waals surface area contributed by atoms with Gasteiger partial charge in [-0.2, -0.15) is 0 Å². The molecule has 0 saturated carbocycles. The summed E-state index contributed by atoms with van der Waals surface area (Å²) < 4.78 is 0.905. The third kappa shape index (κ3) is 3.12. The number of carboxylic acids is 2. The second kappa shape index (κ2) is 5.70. The average molecular weight is 293 g/mol. The van der Waals surface area contributed by atoms with Crippen molar-refractivity contribution in [2.45, 2.75) is 12.5 Å². The van der Waals surface area contributed by atoms with Crippen LogP contribution in [0.1, 0.15) is 16.1 Å². The molecule has 6 nitrogen and oxygen atoms in total. The van der Waals surface area contributed by atoms with Gasteiger partial charge in [-0.05, 0) is 17.5 Å². The summed E-state index contributed by atoms with van der Waals surface area (Å²) >= 11 is 1.23. The van der Waals surface area contributed by atoms with Crippen LogP contribution in [0.15, 0.2) is 30.3 Å². The van der Waals surface area contributed by atoms with E-state index in [2.05, 4.69) is 5.32 Å². The molecule has 1 atom stereocenters. The maximum atomic E-state index is 12.0. The largest absolute Gasteiger partial charge is 0.481 e. The number of fused-ring (bicyclic) bond motifs is 1. The van der Waals surface area contributed by atoms with Crippen LogP contribution in [0, 0.1) is 0 Å². The number of carbonyl (C=O) groups is 3. The molecule has 0 aliphatic heterocycles. The normalized spacial score (nSPS) is 12.0. The fourth-order valence-corrected chi connectivity index (χ4v) is 2.66. The van der Waals surface area contributed by atoms with Gasteiger partial charge in [-0.25, -0.2) is 4.79 Å². The van der Waals surface area contributed by atoms with Crippen molar-refractivity contribution in [3.8, 4) is 0 Å². The van der Waals surface area contributed by atoms with Gasteiger partial charge in [0.2, 0.25) is 0 Å².